The maximum Gasteiger partial charge on any atom is 0.251 e. The van der Waals surface area contributed by atoms with Crippen LogP contribution in [0.5, 0.6) is 0 Å². The van der Waals surface area contributed by atoms with Gasteiger partial charge >= 0.3 is 0 Å². The van der Waals surface area contributed by atoms with Crippen molar-refractivity contribution in [3.05, 3.63) is 12.2 Å². The van der Waals surface area contributed by atoms with E-state index < -0.39 is 6.04 Å². The molecule has 0 rings (SSSR count). The Kier molecular flexibility index (Phi) is 3.68. The highest BCUT2D eigenvalue weighted by atomic mass is 16.2. The molecule has 58 valence electrons. The largest absolute Gasteiger partial charge is 0.320 e. The number of hydrazine groups is 1. The third-order valence-corrected chi connectivity index (χ3v) is 1.05. The standard InChI is InChI=1S/C6H13N3O/c1-4(2)3-5(7)6(10)9-8/h5H,1,3,7-8H2,2H3,(H,9,10)/t5-/m0/s1. The number of nitrogens with two attached hydrogens (primary N) is 2. The van der Waals surface area contributed by atoms with Gasteiger partial charge in [0.05, 0.1) is 6.04 Å². The van der Waals surface area contributed by atoms with Crippen molar-refractivity contribution in [2.45, 2.75) is 19.4 Å². The second-order valence-corrected chi connectivity index (χ2v) is 2.28. The Bertz CT molecular complexity index is 144. The van der Waals surface area contributed by atoms with Crippen molar-refractivity contribution in [2.24, 2.45) is 11.6 Å². The van der Waals surface area contributed by atoms with Gasteiger partial charge in [-0.1, -0.05) is 5.57 Å². The molecule has 0 saturated heterocycles. The molecule has 0 aromatic carbocycles. The fourth-order valence-electron chi connectivity index (χ4n) is 0.575. The maximum atomic E-state index is 10.6. The predicted molar refractivity (Wildman–Crippen MR) is 39.7 cm³/mol. The fraction of sp³-hybridized carbons (Fsp3) is 0.500. The first-order chi connectivity index (χ1) is 4.57. The quantitative estimate of drug-likeness (QED) is 0.211. The molecule has 5 N–H and O–H groups in total. The minimum absolute atomic E-state index is 0.358. The van der Waals surface area contributed by atoms with Crippen LogP contribution < -0.4 is 17.0 Å². The Labute approximate surface area is 60.2 Å². The number of nitrogens with one attached hydrogen (secondary N) is 1. The molecule has 4 nitrogen and oxygen atoms in total. The second-order valence-electron chi connectivity index (χ2n) is 2.28. The predicted octanol–water partition coefficient (Wildman–Crippen LogP) is -0.730. The average molecular weight is 143 g/mol. The van der Waals surface area contributed by atoms with Gasteiger partial charge in [-0.15, -0.1) is 6.58 Å². The topological polar surface area (TPSA) is 81.1 Å². The Morgan fingerprint density at radius 3 is 2.60 bits per heavy atom. The number of amides is 1. The zero-order chi connectivity index (χ0) is 8.15. The van der Waals surface area contributed by atoms with E-state index in [4.69, 9.17) is 11.6 Å². The van der Waals surface area contributed by atoms with Gasteiger partial charge in [0.2, 0.25) is 0 Å². The van der Waals surface area contributed by atoms with Crippen LogP contribution in [0.3, 0.4) is 0 Å². The van der Waals surface area contributed by atoms with Crippen LogP contribution in [0.2, 0.25) is 0 Å². The van der Waals surface area contributed by atoms with Gasteiger partial charge in [0.25, 0.3) is 5.91 Å². The highest BCUT2D eigenvalue weighted by molar-refractivity contribution is 5.81. The summed E-state index contributed by atoms with van der Waals surface area (Å²) in [6.07, 6.45) is 0.475. The summed E-state index contributed by atoms with van der Waals surface area (Å²) < 4.78 is 0. The van der Waals surface area contributed by atoms with Gasteiger partial charge in [0, 0.05) is 0 Å². The van der Waals surface area contributed by atoms with E-state index in [0.717, 1.165) is 5.57 Å². The van der Waals surface area contributed by atoms with Crippen molar-refractivity contribution >= 4 is 5.91 Å². The first kappa shape index (κ1) is 9.13. The first-order valence-electron chi connectivity index (χ1n) is 2.98. The number of rotatable bonds is 3. The van der Waals surface area contributed by atoms with E-state index in [1.807, 2.05) is 12.3 Å². The third-order valence-electron chi connectivity index (χ3n) is 1.05. The highest BCUT2D eigenvalue weighted by Crippen LogP contribution is 1.98. The number of hydrogen-bond donors (Lipinski definition) is 3. The number of carbonyl (C=O) groups excluding carboxylic acids is 1. The average Bonchev–Trinajstić information content (AvgIpc) is 1.85. The van der Waals surface area contributed by atoms with Gasteiger partial charge in [-0.25, -0.2) is 5.84 Å². The van der Waals surface area contributed by atoms with Crippen molar-refractivity contribution < 1.29 is 4.79 Å². The molecule has 0 aromatic heterocycles. The zero-order valence-electron chi connectivity index (χ0n) is 6.05. The second kappa shape index (κ2) is 4.03. The van der Waals surface area contributed by atoms with Crippen LogP contribution in [-0.2, 0) is 4.79 Å². The van der Waals surface area contributed by atoms with Crippen LogP contribution in [0, 0.1) is 0 Å². The highest BCUT2D eigenvalue weighted by Gasteiger charge is 2.10. The third kappa shape index (κ3) is 3.21. The molecule has 0 spiro atoms. The van der Waals surface area contributed by atoms with Crippen LogP contribution in [0.25, 0.3) is 0 Å². The molecular formula is C6H13N3O. The van der Waals surface area contributed by atoms with Crippen LogP contribution in [-0.4, -0.2) is 11.9 Å². The summed E-state index contributed by atoms with van der Waals surface area (Å²) in [5.41, 5.74) is 8.21. The van der Waals surface area contributed by atoms with Gasteiger partial charge in [0.1, 0.15) is 0 Å². The molecule has 4 heteroatoms. The van der Waals surface area contributed by atoms with Crippen LogP contribution in [0.1, 0.15) is 13.3 Å². The van der Waals surface area contributed by atoms with Gasteiger partial charge in [-0.3, -0.25) is 10.2 Å². The van der Waals surface area contributed by atoms with E-state index in [9.17, 15) is 4.79 Å². The van der Waals surface area contributed by atoms with Gasteiger partial charge in [-0.2, -0.15) is 0 Å². The molecule has 1 atom stereocenters. The number of hydrogen-bond acceptors (Lipinski definition) is 3. The number of carbonyl (C=O) groups is 1. The molecular weight excluding hydrogens is 130 g/mol. The molecule has 0 aromatic rings. The van der Waals surface area contributed by atoms with Crippen molar-refractivity contribution in [1.82, 2.24) is 5.43 Å². The van der Waals surface area contributed by atoms with Crippen LogP contribution in [0.4, 0.5) is 0 Å². The molecule has 0 fully saturated rings. The Morgan fingerprint density at radius 1 is 1.80 bits per heavy atom. The molecule has 1 amide bonds. The summed E-state index contributed by atoms with van der Waals surface area (Å²) in [4.78, 5) is 10.6. The molecule has 0 radical (unpaired) electrons. The molecule has 0 heterocycles. The summed E-state index contributed by atoms with van der Waals surface area (Å²) >= 11 is 0. The Hall–Kier alpha value is -0.870. The molecule has 0 saturated carbocycles. The molecule has 0 aliphatic carbocycles. The summed E-state index contributed by atoms with van der Waals surface area (Å²) in [6.45, 7) is 5.42. The van der Waals surface area contributed by atoms with E-state index in [-0.39, 0.29) is 5.91 Å². The van der Waals surface area contributed by atoms with E-state index in [1.54, 1.807) is 0 Å². The van der Waals surface area contributed by atoms with E-state index in [0.29, 0.717) is 6.42 Å². The zero-order valence-corrected chi connectivity index (χ0v) is 6.05. The smallest absolute Gasteiger partial charge is 0.251 e. The van der Waals surface area contributed by atoms with Crippen LogP contribution >= 0.6 is 0 Å². The summed E-state index contributed by atoms with van der Waals surface area (Å²) in [7, 11) is 0. The van der Waals surface area contributed by atoms with Gasteiger partial charge in [0.15, 0.2) is 0 Å². The van der Waals surface area contributed by atoms with Crippen molar-refractivity contribution in [1.29, 1.82) is 0 Å². The Balaban J connectivity index is 3.72. The maximum absolute atomic E-state index is 10.6. The lowest BCUT2D eigenvalue weighted by molar-refractivity contribution is -0.122. The van der Waals surface area contributed by atoms with E-state index >= 15 is 0 Å². The minimum atomic E-state index is -0.567. The summed E-state index contributed by atoms with van der Waals surface area (Å²) in [5, 5.41) is 0. The first-order valence-corrected chi connectivity index (χ1v) is 2.98. The van der Waals surface area contributed by atoms with Crippen LogP contribution in [0.15, 0.2) is 12.2 Å². The summed E-state index contributed by atoms with van der Waals surface area (Å²) in [6, 6.07) is -0.567. The van der Waals surface area contributed by atoms with E-state index in [2.05, 4.69) is 6.58 Å². The van der Waals surface area contributed by atoms with Gasteiger partial charge < -0.3 is 5.73 Å². The lowest BCUT2D eigenvalue weighted by atomic mass is 10.1. The fourth-order valence-corrected chi connectivity index (χ4v) is 0.575. The van der Waals surface area contributed by atoms with E-state index in [1.165, 1.54) is 0 Å². The van der Waals surface area contributed by atoms with Crippen molar-refractivity contribution in [3.63, 3.8) is 0 Å². The lowest BCUT2D eigenvalue weighted by Gasteiger charge is -2.07. The normalized spacial score (nSPS) is 12.3. The lowest BCUT2D eigenvalue weighted by Crippen LogP contribution is -2.43. The molecule has 0 bridgehead atoms. The monoisotopic (exact) mass is 143 g/mol. The molecule has 0 unspecified atom stereocenters. The molecule has 0 aliphatic heterocycles. The SMILES string of the molecule is C=C(C)C[C@H](N)C(=O)NN. The minimum Gasteiger partial charge on any atom is -0.320 e. The summed E-state index contributed by atoms with van der Waals surface area (Å²) in [5.74, 6) is 4.48. The van der Waals surface area contributed by atoms with Crippen molar-refractivity contribution in [3.8, 4) is 0 Å². The molecule has 0 aliphatic rings. The Morgan fingerprint density at radius 2 is 2.30 bits per heavy atom. The van der Waals surface area contributed by atoms with Gasteiger partial charge in [-0.05, 0) is 13.3 Å². The molecule has 10 heavy (non-hydrogen) atoms. The van der Waals surface area contributed by atoms with Crippen molar-refractivity contribution in [2.75, 3.05) is 0 Å².